The van der Waals surface area contributed by atoms with Crippen LogP contribution in [-0.4, -0.2) is 14.4 Å². The van der Waals surface area contributed by atoms with Crippen LogP contribution in [0.2, 0.25) is 10.0 Å². The largest absolute Gasteiger partial charge is 0.545 e. The Morgan fingerprint density at radius 2 is 1.64 bits per heavy atom. The molecule has 0 bridgehead atoms. The van der Waals surface area contributed by atoms with Gasteiger partial charge in [-0.2, -0.15) is 0 Å². The third-order valence-corrected chi connectivity index (χ3v) is 5.71. The highest BCUT2D eigenvalue weighted by Crippen LogP contribution is 2.31. The summed E-state index contributed by atoms with van der Waals surface area (Å²) in [5.74, 6) is -1.59. The average molecular weight is 395 g/mol. The van der Waals surface area contributed by atoms with Crippen molar-refractivity contribution in [2.45, 2.75) is 4.90 Å². The molecule has 0 saturated heterocycles. The molecular formula is C17H10Cl2NO4S-. The van der Waals surface area contributed by atoms with Crippen molar-refractivity contribution in [3.63, 3.8) is 0 Å². The first-order valence-corrected chi connectivity index (χ1v) is 9.24. The van der Waals surface area contributed by atoms with E-state index in [-0.39, 0.29) is 10.0 Å². The number of carboxylic acid groups (broad SMARTS) is 1. The summed E-state index contributed by atoms with van der Waals surface area (Å²) in [6.07, 6.45) is 0. The Morgan fingerprint density at radius 3 is 2.36 bits per heavy atom. The van der Waals surface area contributed by atoms with E-state index >= 15 is 0 Å². The molecule has 0 atom stereocenters. The maximum absolute atomic E-state index is 12.7. The number of hydrogen-bond donors (Lipinski definition) is 1. The van der Waals surface area contributed by atoms with Crippen molar-refractivity contribution in [3.8, 4) is 0 Å². The van der Waals surface area contributed by atoms with Gasteiger partial charge in [-0.25, -0.2) is 8.42 Å². The van der Waals surface area contributed by atoms with Gasteiger partial charge >= 0.3 is 0 Å². The second kappa shape index (κ2) is 6.55. The molecule has 25 heavy (non-hydrogen) atoms. The van der Waals surface area contributed by atoms with Crippen LogP contribution < -0.4 is 9.83 Å². The summed E-state index contributed by atoms with van der Waals surface area (Å²) in [6.45, 7) is 0. The molecule has 3 rings (SSSR count). The molecule has 0 heterocycles. The normalized spacial score (nSPS) is 11.4. The smallest absolute Gasteiger partial charge is 0.263 e. The number of nitrogens with one attached hydrogen (secondary N) is 1. The molecule has 5 nitrogen and oxygen atoms in total. The topological polar surface area (TPSA) is 86.3 Å². The van der Waals surface area contributed by atoms with Crippen molar-refractivity contribution < 1.29 is 18.3 Å². The Bertz CT molecular complexity index is 1090. The quantitative estimate of drug-likeness (QED) is 0.735. The minimum absolute atomic E-state index is 0.192. The number of hydrogen-bond acceptors (Lipinski definition) is 4. The van der Waals surface area contributed by atoms with Crippen LogP contribution in [-0.2, 0) is 10.0 Å². The standard InChI is InChI=1S/C17H11Cl2NO4S/c18-13-9-14(19)16(8-12(13)17(21)22)25(23,24)20-15-7-3-5-10-4-1-2-6-11(10)15/h1-9,20H,(H,21,22)/p-1. The van der Waals surface area contributed by atoms with E-state index in [1.54, 1.807) is 24.3 Å². The Hall–Kier alpha value is -2.28. The minimum Gasteiger partial charge on any atom is -0.545 e. The lowest BCUT2D eigenvalue weighted by molar-refractivity contribution is -0.255. The van der Waals surface area contributed by atoms with Crippen molar-refractivity contribution in [2.24, 2.45) is 0 Å². The molecule has 0 aliphatic rings. The van der Waals surface area contributed by atoms with E-state index in [0.29, 0.717) is 11.1 Å². The Labute approximate surface area is 153 Å². The first kappa shape index (κ1) is 17.5. The number of aromatic carboxylic acids is 1. The van der Waals surface area contributed by atoms with E-state index in [2.05, 4.69) is 4.72 Å². The summed E-state index contributed by atoms with van der Waals surface area (Å²) < 4.78 is 27.8. The van der Waals surface area contributed by atoms with Crippen LogP contribution in [0.3, 0.4) is 0 Å². The fraction of sp³-hybridized carbons (Fsp3) is 0. The third-order valence-electron chi connectivity index (χ3n) is 3.56. The van der Waals surface area contributed by atoms with Gasteiger partial charge < -0.3 is 9.90 Å². The number of fused-ring (bicyclic) bond motifs is 1. The molecule has 0 saturated carbocycles. The summed E-state index contributed by atoms with van der Waals surface area (Å²) in [5.41, 5.74) is -0.108. The number of benzene rings is 3. The fourth-order valence-corrected chi connectivity index (χ4v) is 4.34. The lowest BCUT2D eigenvalue weighted by atomic mass is 10.1. The van der Waals surface area contributed by atoms with Gasteiger partial charge in [0.1, 0.15) is 4.90 Å². The molecule has 8 heteroatoms. The molecule has 0 fully saturated rings. The maximum atomic E-state index is 12.7. The number of carboxylic acids is 1. The lowest BCUT2D eigenvalue weighted by Gasteiger charge is -2.14. The first-order valence-electron chi connectivity index (χ1n) is 7.00. The Morgan fingerprint density at radius 1 is 0.960 bits per heavy atom. The second-order valence-corrected chi connectivity index (χ2v) is 7.65. The van der Waals surface area contributed by atoms with E-state index in [1.165, 1.54) is 0 Å². The SMILES string of the molecule is O=C([O-])c1cc(S(=O)(=O)Nc2cccc3ccccc23)c(Cl)cc1Cl. The number of halogens is 2. The van der Waals surface area contributed by atoms with Crippen LogP contribution in [0.5, 0.6) is 0 Å². The summed E-state index contributed by atoms with van der Waals surface area (Å²) in [4.78, 5) is 10.7. The van der Waals surface area contributed by atoms with E-state index < -0.39 is 26.5 Å². The zero-order chi connectivity index (χ0) is 18.2. The summed E-state index contributed by atoms with van der Waals surface area (Å²) in [5, 5.41) is 12.2. The average Bonchev–Trinajstić information content (AvgIpc) is 2.54. The summed E-state index contributed by atoms with van der Waals surface area (Å²) >= 11 is 11.7. The predicted molar refractivity (Wildman–Crippen MR) is 95.5 cm³/mol. The zero-order valence-corrected chi connectivity index (χ0v) is 14.8. The summed E-state index contributed by atoms with van der Waals surface area (Å²) in [6, 6.07) is 14.3. The molecule has 0 aliphatic carbocycles. The van der Waals surface area contributed by atoms with Crippen molar-refractivity contribution in [2.75, 3.05) is 4.72 Å². The van der Waals surface area contributed by atoms with Gasteiger partial charge in [-0.1, -0.05) is 59.6 Å². The molecule has 0 amide bonds. The lowest BCUT2D eigenvalue weighted by Crippen LogP contribution is -2.23. The molecule has 3 aromatic rings. The molecule has 3 aromatic carbocycles. The van der Waals surface area contributed by atoms with Gasteiger partial charge in [0.2, 0.25) is 0 Å². The number of carbonyl (C=O) groups is 1. The van der Waals surface area contributed by atoms with Crippen LogP contribution in [0.25, 0.3) is 10.8 Å². The Balaban J connectivity index is 2.11. The van der Waals surface area contributed by atoms with Crippen molar-refractivity contribution >= 4 is 55.7 Å². The van der Waals surface area contributed by atoms with E-state index in [0.717, 1.165) is 17.5 Å². The highest BCUT2D eigenvalue weighted by molar-refractivity contribution is 7.92. The van der Waals surface area contributed by atoms with E-state index in [1.807, 2.05) is 18.2 Å². The molecule has 0 spiro atoms. The molecule has 0 aliphatic heterocycles. The van der Waals surface area contributed by atoms with Gasteiger partial charge in [-0.15, -0.1) is 0 Å². The van der Waals surface area contributed by atoms with Crippen LogP contribution in [0.4, 0.5) is 5.69 Å². The van der Waals surface area contributed by atoms with E-state index in [4.69, 9.17) is 23.2 Å². The number of carbonyl (C=O) groups excluding carboxylic acids is 1. The van der Waals surface area contributed by atoms with Crippen molar-refractivity contribution in [1.29, 1.82) is 0 Å². The molecule has 0 aromatic heterocycles. The summed E-state index contributed by atoms with van der Waals surface area (Å²) in [7, 11) is -4.14. The number of rotatable bonds is 4. The molecular weight excluding hydrogens is 385 g/mol. The highest BCUT2D eigenvalue weighted by Gasteiger charge is 2.21. The van der Waals surface area contributed by atoms with Crippen LogP contribution in [0.1, 0.15) is 10.4 Å². The highest BCUT2D eigenvalue weighted by atomic mass is 35.5. The predicted octanol–water partition coefficient (Wildman–Crippen LogP) is 3.31. The monoisotopic (exact) mass is 394 g/mol. The zero-order valence-electron chi connectivity index (χ0n) is 12.5. The molecule has 0 radical (unpaired) electrons. The van der Waals surface area contributed by atoms with Gasteiger partial charge in [-0.3, -0.25) is 4.72 Å². The van der Waals surface area contributed by atoms with Gasteiger partial charge in [-0.05, 0) is 23.6 Å². The third kappa shape index (κ3) is 3.42. The van der Waals surface area contributed by atoms with Gasteiger partial charge in [0, 0.05) is 10.9 Å². The second-order valence-electron chi connectivity index (χ2n) is 5.18. The van der Waals surface area contributed by atoms with Crippen molar-refractivity contribution in [1.82, 2.24) is 0 Å². The molecule has 128 valence electrons. The van der Waals surface area contributed by atoms with Gasteiger partial charge in [0.25, 0.3) is 10.0 Å². The van der Waals surface area contributed by atoms with Crippen LogP contribution >= 0.6 is 23.2 Å². The van der Waals surface area contributed by atoms with E-state index in [9.17, 15) is 18.3 Å². The van der Waals surface area contributed by atoms with Crippen LogP contribution in [0.15, 0.2) is 59.5 Å². The van der Waals surface area contributed by atoms with Gasteiger partial charge in [0.15, 0.2) is 0 Å². The maximum Gasteiger partial charge on any atom is 0.263 e. The van der Waals surface area contributed by atoms with Gasteiger partial charge in [0.05, 0.1) is 21.7 Å². The fourth-order valence-electron chi connectivity index (χ4n) is 2.41. The van der Waals surface area contributed by atoms with Crippen molar-refractivity contribution in [3.05, 3.63) is 70.2 Å². The number of sulfonamides is 1. The minimum atomic E-state index is -4.14. The molecule has 0 unspecified atom stereocenters. The Kier molecular flexibility index (Phi) is 4.60. The molecule has 1 N–H and O–H groups in total. The number of anilines is 1. The van der Waals surface area contributed by atoms with Crippen LogP contribution in [0, 0.1) is 0 Å². The first-order chi connectivity index (χ1) is 11.8.